The first kappa shape index (κ1) is 25.0. The Kier molecular flexibility index (Phi) is 11.2. The van der Waals surface area contributed by atoms with Gasteiger partial charge in [0.05, 0.1) is 0 Å². The average molecular weight is 414 g/mol. The molecule has 0 aliphatic carbocycles. The molecule has 148 valence electrons. The summed E-state index contributed by atoms with van der Waals surface area (Å²) in [6, 6.07) is 10.6. The molecule has 0 heterocycles. The van der Waals surface area contributed by atoms with E-state index in [-0.39, 0.29) is 51.7 Å². The van der Waals surface area contributed by atoms with Crippen molar-refractivity contribution in [2.24, 2.45) is 0 Å². The molecule has 0 aliphatic heterocycles. The van der Waals surface area contributed by atoms with Crippen molar-refractivity contribution in [3.05, 3.63) is 48.0 Å². The van der Waals surface area contributed by atoms with Gasteiger partial charge in [-0.1, -0.05) is 75.5 Å². The van der Waals surface area contributed by atoms with Crippen LogP contribution >= 0.6 is 0 Å². The van der Waals surface area contributed by atoms with Gasteiger partial charge < -0.3 is 9.84 Å². The maximum absolute atomic E-state index is 11.9. The molecule has 5 nitrogen and oxygen atoms in total. The summed E-state index contributed by atoms with van der Waals surface area (Å²) < 4.78 is 38.2. The fourth-order valence-corrected chi connectivity index (χ4v) is 3.53. The summed E-state index contributed by atoms with van der Waals surface area (Å²) in [6.07, 6.45) is 9.11. The van der Waals surface area contributed by atoms with Gasteiger partial charge in [-0.05, 0) is 36.6 Å². The van der Waals surface area contributed by atoms with Crippen LogP contribution in [-0.4, -0.2) is 13.0 Å². The van der Waals surface area contributed by atoms with Gasteiger partial charge in [0, 0.05) is 0 Å². The van der Waals surface area contributed by atoms with Crippen molar-refractivity contribution in [2.75, 3.05) is 0 Å². The summed E-state index contributed by atoms with van der Waals surface area (Å²) in [7, 11) is -4.45. The van der Waals surface area contributed by atoms with Gasteiger partial charge in [0.2, 0.25) is 0 Å². The van der Waals surface area contributed by atoms with Crippen LogP contribution in [-0.2, 0) is 16.5 Å². The quantitative estimate of drug-likeness (QED) is 0.346. The molecule has 0 bridgehead atoms. The van der Waals surface area contributed by atoms with E-state index < -0.39 is 10.1 Å². The first-order valence-corrected chi connectivity index (χ1v) is 10.9. The van der Waals surface area contributed by atoms with Gasteiger partial charge >= 0.3 is 29.6 Å². The van der Waals surface area contributed by atoms with E-state index in [2.05, 4.69) is 6.92 Å². The molecule has 0 amide bonds. The number of hydrogen-bond acceptors (Lipinski definition) is 4. The Hall–Kier alpha value is -1.05. The van der Waals surface area contributed by atoms with Crippen LogP contribution < -0.4 is 39.4 Å². The van der Waals surface area contributed by atoms with Crippen LogP contribution in [0.25, 0.3) is 0 Å². The van der Waals surface area contributed by atoms with Crippen LogP contribution in [0.5, 0.6) is 17.2 Å². The Labute approximate surface area is 190 Å². The number of hydrogen-bond donors (Lipinski definition) is 1. The molecule has 2 aromatic rings. The summed E-state index contributed by atoms with van der Waals surface area (Å²) in [4.78, 5) is -0.339. The van der Waals surface area contributed by atoms with E-state index >= 15 is 0 Å². The molecule has 28 heavy (non-hydrogen) atoms. The molecule has 0 atom stereocenters. The number of unbranched alkanes of at least 4 members (excludes halogenated alkanes) is 6. The Morgan fingerprint density at radius 3 is 2.21 bits per heavy atom. The Morgan fingerprint density at radius 2 is 1.57 bits per heavy atom. The topological polar surface area (TPSA) is 86.7 Å². The number of para-hydroxylation sites is 2. The first-order valence-electron chi connectivity index (χ1n) is 9.46. The van der Waals surface area contributed by atoms with Gasteiger partial charge in [-0.15, -0.1) is 0 Å². The molecule has 0 saturated heterocycles. The smallest absolute Gasteiger partial charge is 0.870 e. The number of ether oxygens (including phenoxy) is 1. The molecular formula is C21H27NaO5S. The normalized spacial score (nSPS) is 11.1. The average Bonchev–Trinajstić information content (AvgIpc) is 2.62. The minimum Gasteiger partial charge on any atom is -0.870 e. The maximum atomic E-state index is 11.9. The van der Waals surface area contributed by atoms with Crippen molar-refractivity contribution < 1.29 is 52.4 Å². The monoisotopic (exact) mass is 414 g/mol. The predicted molar refractivity (Wildman–Crippen MR) is 104 cm³/mol. The molecule has 0 fully saturated rings. The predicted octanol–water partition coefficient (Wildman–Crippen LogP) is 2.10. The largest absolute Gasteiger partial charge is 1.00 e. The zero-order valence-corrected chi connectivity index (χ0v) is 19.5. The van der Waals surface area contributed by atoms with Gasteiger partial charge in [-0.3, -0.25) is 4.55 Å². The van der Waals surface area contributed by atoms with Crippen molar-refractivity contribution in [3.63, 3.8) is 0 Å². The second-order valence-corrected chi connectivity index (χ2v) is 8.07. The van der Waals surface area contributed by atoms with Gasteiger partial charge in [-0.2, -0.15) is 8.42 Å². The standard InChI is InChI=1S/C21H28O5S.Na/c1-2-3-4-5-6-7-8-11-17-14-15-21(27(23,24)25)20(16-17)26-19-13-10-9-12-18(19)22;/h9-10,12-16,22H,2-8,11H2,1H3,(H,23,24,25);/q;+1/p-1. The van der Waals surface area contributed by atoms with E-state index in [4.69, 9.17) is 4.74 Å². The minimum atomic E-state index is -4.45. The molecule has 2 rings (SSSR count). The summed E-state index contributed by atoms with van der Waals surface area (Å²) in [5.74, 6) is -0.354. The fourth-order valence-electron chi connectivity index (χ4n) is 2.94. The number of rotatable bonds is 11. The van der Waals surface area contributed by atoms with E-state index in [1.54, 1.807) is 24.3 Å². The van der Waals surface area contributed by atoms with Gasteiger partial charge in [-0.25, -0.2) is 0 Å². The third-order valence-electron chi connectivity index (χ3n) is 4.42. The van der Waals surface area contributed by atoms with Crippen molar-refractivity contribution in [1.82, 2.24) is 0 Å². The van der Waals surface area contributed by atoms with E-state index in [9.17, 15) is 18.1 Å². The Morgan fingerprint density at radius 1 is 0.929 bits per heavy atom. The van der Waals surface area contributed by atoms with E-state index in [0.29, 0.717) is 0 Å². The second-order valence-electron chi connectivity index (χ2n) is 6.68. The Balaban J connectivity index is 0.00000392. The van der Waals surface area contributed by atoms with Gasteiger partial charge in [0.1, 0.15) is 16.4 Å². The molecule has 7 heteroatoms. The van der Waals surface area contributed by atoms with Crippen LogP contribution in [0.2, 0.25) is 0 Å². The first-order chi connectivity index (χ1) is 12.9. The number of benzene rings is 2. The van der Waals surface area contributed by atoms with Crippen LogP contribution in [0.4, 0.5) is 0 Å². The zero-order valence-electron chi connectivity index (χ0n) is 16.7. The summed E-state index contributed by atoms with van der Waals surface area (Å²) in [6.45, 7) is 2.20. The Bertz CT molecular complexity index is 836. The van der Waals surface area contributed by atoms with Crippen molar-refractivity contribution in [3.8, 4) is 17.2 Å². The van der Waals surface area contributed by atoms with E-state index in [1.807, 2.05) is 0 Å². The van der Waals surface area contributed by atoms with Crippen LogP contribution in [0.1, 0.15) is 57.4 Å². The van der Waals surface area contributed by atoms with Gasteiger partial charge in [0.25, 0.3) is 10.1 Å². The molecule has 0 aromatic heterocycles. The molecule has 0 aliphatic rings. The molecule has 0 unspecified atom stereocenters. The summed E-state index contributed by atoms with van der Waals surface area (Å²) in [5, 5.41) is 11.9. The van der Waals surface area contributed by atoms with Crippen LogP contribution in [0.15, 0.2) is 47.4 Å². The maximum Gasteiger partial charge on any atom is 1.00 e. The molecule has 0 radical (unpaired) electrons. The molecule has 0 spiro atoms. The molecule has 0 saturated carbocycles. The third-order valence-corrected chi connectivity index (χ3v) is 5.32. The molecule has 1 N–H and O–H groups in total. The zero-order chi connectivity index (χ0) is 19.7. The number of aryl methyl sites for hydroxylation is 1. The SMILES string of the molecule is CCCCCCCCCc1ccc(S(=O)(=O)O)c(Oc2ccccc2[O-])c1.[Na+]. The van der Waals surface area contributed by atoms with Crippen LogP contribution in [0, 0.1) is 0 Å². The molecular weight excluding hydrogens is 387 g/mol. The fraction of sp³-hybridized carbons (Fsp3) is 0.429. The second kappa shape index (κ2) is 12.5. The van der Waals surface area contributed by atoms with Crippen LogP contribution in [0.3, 0.4) is 0 Å². The summed E-state index contributed by atoms with van der Waals surface area (Å²) in [5.41, 5.74) is 0.911. The van der Waals surface area contributed by atoms with Crippen molar-refractivity contribution in [1.29, 1.82) is 0 Å². The van der Waals surface area contributed by atoms with Crippen molar-refractivity contribution in [2.45, 2.75) is 63.2 Å². The van der Waals surface area contributed by atoms with Gasteiger partial charge in [0.15, 0.2) is 0 Å². The van der Waals surface area contributed by atoms with E-state index in [1.165, 1.54) is 50.3 Å². The van der Waals surface area contributed by atoms with Crippen molar-refractivity contribution >= 4 is 10.1 Å². The third kappa shape index (κ3) is 8.13. The van der Waals surface area contributed by atoms with E-state index in [0.717, 1.165) is 24.8 Å². The summed E-state index contributed by atoms with van der Waals surface area (Å²) >= 11 is 0. The minimum absolute atomic E-state index is 0. The molecule has 2 aromatic carbocycles.